The van der Waals surface area contributed by atoms with Crippen LogP contribution in [0.3, 0.4) is 0 Å². The Labute approximate surface area is 200 Å². The molecule has 0 N–H and O–H groups in total. The second kappa shape index (κ2) is 9.93. The van der Waals surface area contributed by atoms with Crippen molar-refractivity contribution in [3.05, 3.63) is 95.1 Å². The first-order valence-electron chi connectivity index (χ1n) is 11.4. The van der Waals surface area contributed by atoms with E-state index in [1.165, 1.54) is 11.0 Å². The Hall–Kier alpha value is -3.62. The fourth-order valence-electron chi connectivity index (χ4n) is 4.44. The summed E-state index contributed by atoms with van der Waals surface area (Å²) >= 11 is 0. The summed E-state index contributed by atoms with van der Waals surface area (Å²) in [6, 6.07) is 13.2. The lowest BCUT2D eigenvalue weighted by molar-refractivity contribution is -0.137. The minimum atomic E-state index is -4.51. The largest absolute Gasteiger partial charge is 0.416 e. The topological polar surface area (TPSA) is 45.6 Å². The fraction of sp³-hybridized carbons (Fsp3) is 0.308. The first-order valence-corrected chi connectivity index (χ1v) is 11.4. The maximum atomic E-state index is 14.8. The Kier molecular flexibility index (Phi) is 6.95. The van der Waals surface area contributed by atoms with Crippen LogP contribution in [-0.4, -0.2) is 45.8 Å². The van der Waals surface area contributed by atoms with Crippen LogP contribution < -0.4 is 0 Å². The van der Waals surface area contributed by atoms with E-state index in [1.54, 1.807) is 23.1 Å². The summed E-state index contributed by atoms with van der Waals surface area (Å²) in [7, 11) is 0. The van der Waals surface area contributed by atoms with E-state index in [0.29, 0.717) is 25.1 Å². The third-order valence-corrected chi connectivity index (χ3v) is 6.12. The highest BCUT2D eigenvalue weighted by atomic mass is 19.4. The number of fused-ring (bicyclic) bond motifs is 1. The van der Waals surface area contributed by atoms with Gasteiger partial charge in [-0.25, -0.2) is 4.39 Å². The third-order valence-electron chi connectivity index (χ3n) is 6.12. The van der Waals surface area contributed by atoms with Gasteiger partial charge in [-0.2, -0.15) is 13.2 Å². The van der Waals surface area contributed by atoms with E-state index >= 15 is 0 Å². The van der Waals surface area contributed by atoms with E-state index in [-0.39, 0.29) is 24.6 Å². The molecule has 0 saturated heterocycles. The fourth-order valence-corrected chi connectivity index (χ4v) is 4.44. The Bertz CT molecular complexity index is 1200. The van der Waals surface area contributed by atoms with E-state index in [4.69, 9.17) is 0 Å². The molecule has 0 fully saturated rings. The zero-order chi connectivity index (χ0) is 25.2. The maximum absolute atomic E-state index is 14.8. The average Bonchev–Trinajstić information content (AvgIpc) is 3.32. The molecule has 3 aromatic rings. The molecule has 0 unspecified atom stereocenters. The van der Waals surface area contributed by atoms with Crippen LogP contribution >= 0.6 is 0 Å². The minimum Gasteiger partial charge on any atom is -0.348 e. The van der Waals surface area contributed by atoms with E-state index in [0.717, 1.165) is 30.0 Å². The predicted octanol–water partition coefficient (Wildman–Crippen LogP) is 5.13. The van der Waals surface area contributed by atoms with Crippen molar-refractivity contribution in [3.8, 4) is 0 Å². The number of carbonyl (C=O) groups is 2. The van der Waals surface area contributed by atoms with Gasteiger partial charge in [0.1, 0.15) is 18.4 Å². The molecule has 2 amide bonds. The number of benzene rings is 2. The van der Waals surface area contributed by atoms with Gasteiger partial charge in [-0.15, -0.1) is 0 Å². The lowest BCUT2D eigenvalue weighted by Gasteiger charge is -2.38. The van der Waals surface area contributed by atoms with Gasteiger partial charge in [-0.3, -0.25) is 9.59 Å². The zero-order valence-corrected chi connectivity index (χ0v) is 19.1. The third kappa shape index (κ3) is 5.08. The first kappa shape index (κ1) is 24.5. The van der Waals surface area contributed by atoms with Gasteiger partial charge in [0.2, 0.25) is 5.91 Å². The summed E-state index contributed by atoms with van der Waals surface area (Å²) in [6.07, 6.45) is -2.07. The number of amides is 2. The van der Waals surface area contributed by atoms with Gasteiger partial charge in [0.25, 0.3) is 5.91 Å². The number of nitrogens with zero attached hydrogens (tertiary/aromatic N) is 3. The van der Waals surface area contributed by atoms with Crippen LogP contribution in [0, 0.1) is 5.82 Å². The molecule has 0 spiro atoms. The molecule has 0 bridgehead atoms. The number of alkyl halides is 3. The lowest BCUT2D eigenvalue weighted by atomic mass is 9.99. The average molecular weight is 487 g/mol. The molecular formula is C26H25F4N3O2. The highest BCUT2D eigenvalue weighted by molar-refractivity contribution is 5.96. The van der Waals surface area contributed by atoms with E-state index in [2.05, 4.69) is 0 Å². The zero-order valence-electron chi connectivity index (χ0n) is 19.1. The number of carbonyl (C=O) groups excluding carboxylic acids is 2. The molecule has 2 heterocycles. The lowest BCUT2D eigenvalue weighted by Crippen LogP contribution is -2.48. The molecular weight excluding hydrogens is 462 g/mol. The molecule has 5 nitrogen and oxygen atoms in total. The van der Waals surface area contributed by atoms with Crippen molar-refractivity contribution in [1.82, 2.24) is 14.4 Å². The van der Waals surface area contributed by atoms with Gasteiger partial charge in [0.05, 0.1) is 5.56 Å². The smallest absolute Gasteiger partial charge is 0.348 e. The molecule has 1 aliphatic heterocycles. The molecule has 9 heteroatoms. The standard InChI is InChI=1S/C26H25F4N3O2/c1-2-13-32(25(35)18-9-11-19(12-10-18)26(28,29)30)17-23(34)33-16-15-31-14-5-8-22(31)24(33)20-6-3-4-7-21(20)27/h3-12,14,24H,2,13,15-17H2,1H3/t24-/m0/s1. The van der Waals surface area contributed by atoms with Crippen LogP contribution in [-0.2, 0) is 17.5 Å². The summed E-state index contributed by atoms with van der Waals surface area (Å²) in [5, 5.41) is 0. The van der Waals surface area contributed by atoms with E-state index in [1.807, 2.05) is 29.8 Å². The van der Waals surface area contributed by atoms with Crippen molar-refractivity contribution in [1.29, 1.82) is 0 Å². The highest BCUT2D eigenvalue weighted by Crippen LogP contribution is 2.34. The van der Waals surface area contributed by atoms with Gasteiger partial charge in [-0.05, 0) is 48.9 Å². The van der Waals surface area contributed by atoms with Crippen molar-refractivity contribution in [2.24, 2.45) is 0 Å². The van der Waals surface area contributed by atoms with Crippen LogP contribution in [0.1, 0.15) is 46.6 Å². The molecule has 0 radical (unpaired) electrons. The van der Waals surface area contributed by atoms with Gasteiger partial charge >= 0.3 is 6.18 Å². The summed E-state index contributed by atoms with van der Waals surface area (Å²) in [5.74, 6) is -1.33. The van der Waals surface area contributed by atoms with Crippen LogP contribution in [0.15, 0.2) is 66.9 Å². The number of aromatic nitrogens is 1. The second-order valence-electron chi connectivity index (χ2n) is 8.44. The number of hydrogen-bond acceptors (Lipinski definition) is 2. The molecule has 2 aromatic carbocycles. The minimum absolute atomic E-state index is 0.0671. The summed E-state index contributed by atoms with van der Waals surface area (Å²) in [5.41, 5.74) is 0.344. The first-order chi connectivity index (χ1) is 16.7. The molecule has 1 aromatic heterocycles. The van der Waals surface area contributed by atoms with Crippen LogP contribution in [0.4, 0.5) is 17.6 Å². The van der Waals surface area contributed by atoms with Gasteiger partial charge in [0, 0.05) is 42.7 Å². The molecule has 35 heavy (non-hydrogen) atoms. The Morgan fingerprint density at radius 3 is 2.37 bits per heavy atom. The van der Waals surface area contributed by atoms with Crippen molar-refractivity contribution >= 4 is 11.8 Å². The highest BCUT2D eigenvalue weighted by Gasteiger charge is 2.35. The molecule has 1 aliphatic rings. The normalized spacial score (nSPS) is 15.6. The molecule has 4 rings (SSSR count). The van der Waals surface area contributed by atoms with E-state index < -0.39 is 29.5 Å². The molecule has 0 saturated carbocycles. The Balaban J connectivity index is 1.59. The van der Waals surface area contributed by atoms with Crippen molar-refractivity contribution in [2.45, 2.75) is 32.1 Å². The number of hydrogen-bond donors (Lipinski definition) is 0. The monoisotopic (exact) mass is 487 g/mol. The van der Waals surface area contributed by atoms with Gasteiger partial charge in [-0.1, -0.05) is 25.1 Å². The van der Waals surface area contributed by atoms with Crippen LogP contribution in [0.25, 0.3) is 0 Å². The maximum Gasteiger partial charge on any atom is 0.416 e. The Morgan fingerprint density at radius 2 is 1.71 bits per heavy atom. The molecule has 184 valence electrons. The number of rotatable bonds is 6. The Morgan fingerprint density at radius 1 is 1.00 bits per heavy atom. The predicted molar refractivity (Wildman–Crippen MR) is 122 cm³/mol. The molecule has 1 atom stereocenters. The van der Waals surface area contributed by atoms with Crippen molar-refractivity contribution in [3.63, 3.8) is 0 Å². The summed E-state index contributed by atoms with van der Waals surface area (Å²) in [4.78, 5) is 29.5. The van der Waals surface area contributed by atoms with E-state index in [9.17, 15) is 27.2 Å². The summed E-state index contributed by atoms with van der Waals surface area (Å²) in [6.45, 7) is 2.68. The van der Waals surface area contributed by atoms with Crippen molar-refractivity contribution < 1.29 is 27.2 Å². The molecule has 0 aliphatic carbocycles. The number of halogens is 4. The summed E-state index contributed by atoms with van der Waals surface area (Å²) < 4.78 is 55.4. The van der Waals surface area contributed by atoms with Gasteiger partial charge < -0.3 is 14.4 Å². The van der Waals surface area contributed by atoms with Crippen molar-refractivity contribution in [2.75, 3.05) is 19.6 Å². The quantitative estimate of drug-likeness (QED) is 0.453. The van der Waals surface area contributed by atoms with Crippen LogP contribution in [0.5, 0.6) is 0 Å². The van der Waals surface area contributed by atoms with Gasteiger partial charge in [0.15, 0.2) is 0 Å². The van der Waals surface area contributed by atoms with Crippen LogP contribution in [0.2, 0.25) is 0 Å². The second-order valence-corrected chi connectivity index (χ2v) is 8.44. The SMILES string of the molecule is CCCN(CC(=O)N1CCn2cccc2[C@@H]1c1ccccc1F)C(=O)c1ccc(C(F)(F)F)cc1.